The maximum absolute atomic E-state index is 13.5. The third-order valence-corrected chi connectivity index (χ3v) is 7.90. The van der Waals surface area contributed by atoms with Gasteiger partial charge in [0.1, 0.15) is 10.1 Å². The molecule has 2 aromatic heterocycles. The summed E-state index contributed by atoms with van der Waals surface area (Å²) in [4.78, 5) is 35.5. The second kappa shape index (κ2) is 9.14. The van der Waals surface area contributed by atoms with Gasteiger partial charge in [-0.05, 0) is 38.8 Å². The van der Waals surface area contributed by atoms with Gasteiger partial charge in [-0.2, -0.15) is 0 Å². The lowest BCUT2D eigenvalue weighted by atomic mass is 10.1. The van der Waals surface area contributed by atoms with Crippen LogP contribution in [0, 0.1) is 13.8 Å². The first kappa shape index (κ1) is 22.0. The fraction of sp³-hybridized carbons (Fsp3) is 0.435. The van der Waals surface area contributed by atoms with Gasteiger partial charge in [0.25, 0.3) is 5.56 Å². The number of aryl methyl sites for hydroxylation is 2. The molecule has 164 valence electrons. The Morgan fingerprint density at radius 1 is 1.16 bits per heavy atom. The summed E-state index contributed by atoms with van der Waals surface area (Å²) < 4.78 is 7.16. The number of thioether (sulfide) groups is 1. The van der Waals surface area contributed by atoms with Crippen molar-refractivity contribution in [1.29, 1.82) is 0 Å². The van der Waals surface area contributed by atoms with Gasteiger partial charge in [0, 0.05) is 24.0 Å². The molecule has 1 aromatic carbocycles. The van der Waals surface area contributed by atoms with Crippen LogP contribution in [0.2, 0.25) is 0 Å². The normalized spacial score (nSPS) is 15.6. The van der Waals surface area contributed by atoms with Crippen molar-refractivity contribution >= 4 is 39.2 Å². The molecule has 6 nitrogen and oxygen atoms in total. The van der Waals surface area contributed by atoms with E-state index in [0.29, 0.717) is 36.8 Å². The maximum atomic E-state index is 13.5. The summed E-state index contributed by atoms with van der Waals surface area (Å²) in [6.07, 6.45) is 0. The van der Waals surface area contributed by atoms with E-state index >= 15 is 0 Å². The van der Waals surface area contributed by atoms with Crippen molar-refractivity contribution < 1.29 is 9.53 Å². The van der Waals surface area contributed by atoms with E-state index in [2.05, 4.69) is 0 Å². The van der Waals surface area contributed by atoms with Crippen molar-refractivity contribution in [2.24, 2.45) is 0 Å². The minimum atomic E-state index is -0.476. The van der Waals surface area contributed by atoms with Gasteiger partial charge in [-0.15, -0.1) is 11.3 Å². The van der Waals surface area contributed by atoms with Crippen LogP contribution in [0.1, 0.15) is 41.1 Å². The predicted octanol–water partition coefficient (Wildman–Crippen LogP) is 4.35. The smallest absolute Gasteiger partial charge is 0.263 e. The molecule has 0 unspecified atom stereocenters. The molecular formula is C23H27N3O3S2. The number of carbonyl (C=O) groups is 1. The fourth-order valence-electron chi connectivity index (χ4n) is 3.77. The first-order valence-corrected chi connectivity index (χ1v) is 12.2. The zero-order chi connectivity index (χ0) is 22.1. The summed E-state index contributed by atoms with van der Waals surface area (Å²) in [6, 6.07) is 9.68. The molecule has 1 aliphatic rings. The van der Waals surface area contributed by atoms with Crippen LogP contribution in [-0.2, 0) is 9.53 Å². The van der Waals surface area contributed by atoms with Crippen molar-refractivity contribution in [2.45, 2.75) is 44.1 Å². The number of hydrogen-bond acceptors (Lipinski definition) is 6. The first-order valence-electron chi connectivity index (χ1n) is 10.5. The van der Waals surface area contributed by atoms with Crippen LogP contribution in [0.4, 0.5) is 0 Å². The molecule has 3 heterocycles. The van der Waals surface area contributed by atoms with Crippen molar-refractivity contribution in [3.05, 3.63) is 56.7 Å². The minimum absolute atomic E-state index is 0.0303. The molecule has 4 rings (SSSR count). The lowest BCUT2D eigenvalue weighted by Gasteiger charge is -2.30. The van der Waals surface area contributed by atoms with E-state index in [0.717, 1.165) is 20.8 Å². The van der Waals surface area contributed by atoms with E-state index < -0.39 is 5.25 Å². The van der Waals surface area contributed by atoms with E-state index in [-0.39, 0.29) is 17.5 Å². The molecule has 8 heteroatoms. The Morgan fingerprint density at radius 2 is 1.84 bits per heavy atom. The molecule has 0 spiro atoms. The van der Waals surface area contributed by atoms with Crippen LogP contribution >= 0.6 is 23.1 Å². The number of benzene rings is 1. The molecule has 1 atom stereocenters. The molecule has 0 aliphatic carbocycles. The predicted molar refractivity (Wildman–Crippen MR) is 126 cm³/mol. The van der Waals surface area contributed by atoms with Crippen LogP contribution in [0.25, 0.3) is 10.2 Å². The summed E-state index contributed by atoms with van der Waals surface area (Å²) in [5.41, 5.74) is 1.87. The summed E-state index contributed by atoms with van der Waals surface area (Å²) in [6.45, 7) is 10.2. The van der Waals surface area contributed by atoms with Crippen LogP contribution in [0.15, 0.2) is 40.3 Å². The van der Waals surface area contributed by atoms with E-state index in [9.17, 15) is 9.59 Å². The standard InChI is InChI=1S/C23H27N3O3S2/c1-14(2)26-21(27)18-15(3)16(4)30-20(18)24-23(26)31-19(17-8-6-5-7-9-17)22(28)25-10-12-29-13-11-25/h5-9,14,19H,10-13H2,1-4H3/t19-/m0/s1. The third-order valence-electron chi connectivity index (χ3n) is 5.59. The molecule has 3 aromatic rings. The largest absolute Gasteiger partial charge is 0.378 e. The number of morpholine rings is 1. The Kier molecular flexibility index (Phi) is 6.50. The molecule has 1 fully saturated rings. The number of hydrogen-bond donors (Lipinski definition) is 0. The highest BCUT2D eigenvalue weighted by Gasteiger charge is 2.30. The van der Waals surface area contributed by atoms with Crippen LogP contribution in [0.5, 0.6) is 0 Å². The Balaban J connectivity index is 1.82. The number of thiophene rings is 1. The highest BCUT2D eigenvalue weighted by Crippen LogP contribution is 2.38. The SMILES string of the molecule is Cc1sc2nc(S[C@H](C(=O)N3CCOCC3)c3ccccc3)n(C(C)C)c(=O)c2c1C. The molecule has 1 saturated heterocycles. The Hall–Kier alpha value is -2.16. The Bertz CT molecular complexity index is 1150. The lowest BCUT2D eigenvalue weighted by Crippen LogP contribution is -2.42. The first-order chi connectivity index (χ1) is 14.9. The van der Waals surface area contributed by atoms with E-state index in [1.165, 1.54) is 23.1 Å². The number of nitrogens with zero attached hydrogens (tertiary/aromatic N) is 3. The summed E-state index contributed by atoms with van der Waals surface area (Å²) >= 11 is 2.91. The van der Waals surface area contributed by atoms with Gasteiger partial charge < -0.3 is 9.64 Å². The van der Waals surface area contributed by atoms with Crippen molar-refractivity contribution in [3.8, 4) is 0 Å². The van der Waals surface area contributed by atoms with Gasteiger partial charge in [0.2, 0.25) is 5.91 Å². The monoisotopic (exact) mass is 457 g/mol. The van der Waals surface area contributed by atoms with Gasteiger partial charge >= 0.3 is 0 Å². The van der Waals surface area contributed by atoms with Crippen molar-refractivity contribution in [2.75, 3.05) is 26.3 Å². The van der Waals surface area contributed by atoms with Crippen molar-refractivity contribution in [3.63, 3.8) is 0 Å². The van der Waals surface area contributed by atoms with E-state index in [1.54, 1.807) is 4.57 Å². The fourth-order valence-corrected chi connectivity index (χ4v) is 6.15. The Morgan fingerprint density at radius 3 is 2.48 bits per heavy atom. The van der Waals surface area contributed by atoms with E-state index in [1.807, 2.05) is 62.9 Å². The summed E-state index contributed by atoms with van der Waals surface area (Å²) in [5.74, 6) is 0.0303. The van der Waals surface area contributed by atoms with Gasteiger partial charge in [0.15, 0.2) is 5.16 Å². The van der Waals surface area contributed by atoms with Crippen molar-refractivity contribution in [1.82, 2.24) is 14.5 Å². The molecular weight excluding hydrogens is 430 g/mol. The van der Waals surface area contributed by atoms with E-state index in [4.69, 9.17) is 9.72 Å². The molecule has 0 bridgehead atoms. The number of rotatable bonds is 5. The van der Waals surface area contributed by atoms with Gasteiger partial charge in [-0.3, -0.25) is 14.2 Å². The van der Waals surface area contributed by atoms with Gasteiger partial charge in [-0.1, -0.05) is 42.1 Å². The number of carbonyl (C=O) groups excluding carboxylic acids is 1. The second-order valence-corrected chi connectivity index (χ2v) is 10.2. The summed E-state index contributed by atoms with van der Waals surface area (Å²) in [7, 11) is 0. The summed E-state index contributed by atoms with van der Waals surface area (Å²) in [5, 5.41) is 0.802. The van der Waals surface area contributed by atoms with Crippen LogP contribution < -0.4 is 5.56 Å². The molecule has 1 amide bonds. The lowest BCUT2D eigenvalue weighted by molar-refractivity contribution is -0.134. The minimum Gasteiger partial charge on any atom is -0.378 e. The number of fused-ring (bicyclic) bond motifs is 1. The third kappa shape index (κ3) is 4.29. The van der Waals surface area contributed by atoms with Gasteiger partial charge in [0.05, 0.1) is 18.6 Å². The average Bonchev–Trinajstić information content (AvgIpc) is 3.06. The number of aromatic nitrogens is 2. The number of amides is 1. The molecule has 0 saturated carbocycles. The highest BCUT2D eigenvalue weighted by atomic mass is 32.2. The molecule has 31 heavy (non-hydrogen) atoms. The number of ether oxygens (including phenoxy) is 1. The molecule has 0 N–H and O–H groups in total. The molecule has 1 aliphatic heterocycles. The topological polar surface area (TPSA) is 64.4 Å². The maximum Gasteiger partial charge on any atom is 0.263 e. The van der Waals surface area contributed by atoms with Gasteiger partial charge in [-0.25, -0.2) is 4.98 Å². The van der Waals surface area contributed by atoms with Crippen LogP contribution in [0.3, 0.4) is 0 Å². The quantitative estimate of drug-likeness (QED) is 0.421. The Labute approximate surface area is 190 Å². The average molecular weight is 458 g/mol. The molecule has 0 radical (unpaired) electrons. The second-order valence-electron chi connectivity index (χ2n) is 7.97. The zero-order valence-electron chi connectivity index (χ0n) is 18.3. The van der Waals surface area contributed by atoms with Crippen LogP contribution in [-0.4, -0.2) is 46.7 Å². The highest BCUT2D eigenvalue weighted by molar-refractivity contribution is 8.00. The zero-order valence-corrected chi connectivity index (χ0v) is 19.9.